The zero-order chi connectivity index (χ0) is 38.2. The molecule has 9 aromatic carbocycles. The molecule has 0 spiro atoms. The summed E-state index contributed by atoms with van der Waals surface area (Å²) in [6, 6.07) is 69.6. The molecule has 0 bridgehead atoms. The van der Waals surface area contributed by atoms with Crippen molar-refractivity contribution in [1.29, 1.82) is 0 Å². The fraction of sp³-hybridized carbons (Fsp3) is 0. The second kappa shape index (κ2) is 13.3. The smallest absolute Gasteiger partial charge is 0.159 e. The molecule has 0 N–H and O–H groups in total. The average molecular weight is 777 g/mol. The molecule has 0 saturated carbocycles. The zero-order valence-electron chi connectivity index (χ0n) is 31.1. The summed E-state index contributed by atoms with van der Waals surface area (Å²) in [7, 11) is 0. The molecule has 12 rings (SSSR count). The summed E-state index contributed by atoms with van der Waals surface area (Å²) in [5.41, 5.74) is 11.9. The molecular weight excluding hydrogens is 745 g/mol. The van der Waals surface area contributed by atoms with E-state index in [0.717, 1.165) is 55.1 Å². The van der Waals surface area contributed by atoms with Crippen molar-refractivity contribution in [1.82, 2.24) is 4.98 Å². The molecule has 0 aliphatic carbocycles. The van der Waals surface area contributed by atoms with Crippen molar-refractivity contribution in [3.63, 3.8) is 0 Å². The molecule has 0 atom stereocenters. The van der Waals surface area contributed by atoms with Crippen molar-refractivity contribution in [2.45, 2.75) is 0 Å². The van der Waals surface area contributed by atoms with Gasteiger partial charge in [0, 0.05) is 47.9 Å². The van der Waals surface area contributed by atoms with Gasteiger partial charge in [0.2, 0.25) is 0 Å². The Morgan fingerprint density at radius 3 is 1.95 bits per heavy atom. The first-order valence-electron chi connectivity index (χ1n) is 19.4. The third kappa shape index (κ3) is 5.36. The van der Waals surface area contributed by atoms with E-state index in [2.05, 4.69) is 187 Å². The lowest BCUT2D eigenvalue weighted by Gasteiger charge is -2.26. The highest BCUT2D eigenvalue weighted by Crippen LogP contribution is 2.45. The molecule has 0 amide bonds. The van der Waals surface area contributed by atoms with E-state index in [9.17, 15) is 0 Å². The molecule has 0 saturated heterocycles. The van der Waals surface area contributed by atoms with Gasteiger partial charge in [-0.25, -0.2) is 4.98 Å². The van der Waals surface area contributed by atoms with E-state index in [-0.39, 0.29) is 0 Å². The topological polar surface area (TPSA) is 29.3 Å². The van der Waals surface area contributed by atoms with Gasteiger partial charge in [-0.05, 0) is 87.6 Å². The summed E-state index contributed by atoms with van der Waals surface area (Å²) < 4.78 is 10.4. The van der Waals surface area contributed by atoms with Gasteiger partial charge in [-0.3, -0.25) is 0 Å². The summed E-state index contributed by atoms with van der Waals surface area (Å²) in [5.74, 6) is 0. The number of para-hydroxylation sites is 2. The monoisotopic (exact) mass is 776 g/mol. The molecule has 0 radical (unpaired) electrons. The van der Waals surface area contributed by atoms with Gasteiger partial charge in [0.05, 0.1) is 15.9 Å². The third-order valence-electron chi connectivity index (χ3n) is 11.3. The van der Waals surface area contributed by atoms with Crippen LogP contribution in [0, 0.1) is 0 Å². The fourth-order valence-electron chi connectivity index (χ4n) is 8.54. The highest BCUT2D eigenvalue weighted by molar-refractivity contribution is 7.26. The van der Waals surface area contributed by atoms with Crippen LogP contribution in [0.4, 0.5) is 17.1 Å². The van der Waals surface area contributed by atoms with Gasteiger partial charge in [-0.1, -0.05) is 140 Å². The Bertz CT molecular complexity index is 3500. The van der Waals surface area contributed by atoms with Crippen LogP contribution >= 0.6 is 22.7 Å². The number of anilines is 3. The maximum Gasteiger partial charge on any atom is 0.159 e. The largest absolute Gasteiger partial charge is 0.454 e. The van der Waals surface area contributed by atoms with Crippen LogP contribution in [0.25, 0.3) is 95.9 Å². The molecule has 3 aromatic heterocycles. The maximum atomic E-state index is 6.61. The Balaban J connectivity index is 0.949. The van der Waals surface area contributed by atoms with E-state index in [4.69, 9.17) is 9.40 Å². The van der Waals surface area contributed by atoms with Gasteiger partial charge in [-0.15, -0.1) is 22.7 Å². The van der Waals surface area contributed by atoms with E-state index < -0.39 is 0 Å². The van der Waals surface area contributed by atoms with Crippen LogP contribution in [-0.4, -0.2) is 4.98 Å². The molecule has 3 nitrogen and oxygen atoms in total. The predicted molar refractivity (Wildman–Crippen MR) is 248 cm³/mol. The summed E-state index contributed by atoms with van der Waals surface area (Å²) in [6.45, 7) is 0. The number of hydrogen-bond donors (Lipinski definition) is 0. The number of nitrogens with zero attached hydrogens (tertiary/aromatic N) is 2. The van der Waals surface area contributed by atoms with Gasteiger partial charge in [0.25, 0.3) is 0 Å². The molecule has 12 aromatic rings. The Morgan fingerprint density at radius 1 is 0.431 bits per heavy atom. The van der Waals surface area contributed by atoms with Crippen molar-refractivity contribution in [3.8, 4) is 32.8 Å². The SMILES string of the molecule is c1ccc(-c2nc3c(ccc4sc5cc(-c6ccc(N(c7ccc(-c8cccc9ccccc89)cc7)c7cccc8c7oc7ccccc78)cc6)ccc5c43)s2)cc1. The second-order valence-electron chi connectivity index (χ2n) is 14.7. The number of rotatable bonds is 6. The van der Waals surface area contributed by atoms with Crippen molar-refractivity contribution >= 4 is 103 Å². The lowest BCUT2D eigenvalue weighted by atomic mass is 9.98. The number of furan rings is 1. The van der Waals surface area contributed by atoms with Gasteiger partial charge in [-0.2, -0.15) is 0 Å². The zero-order valence-corrected chi connectivity index (χ0v) is 32.7. The number of fused-ring (bicyclic) bond motifs is 9. The van der Waals surface area contributed by atoms with Gasteiger partial charge < -0.3 is 9.32 Å². The van der Waals surface area contributed by atoms with E-state index in [1.165, 1.54) is 57.9 Å². The minimum atomic E-state index is 0.867. The Morgan fingerprint density at radius 2 is 1.10 bits per heavy atom. The lowest BCUT2D eigenvalue weighted by molar-refractivity contribution is 0.669. The van der Waals surface area contributed by atoms with Crippen molar-refractivity contribution < 1.29 is 4.42 Å². The molecule has 272 valence electrons. The number of thiophene rings is 1. The first-order valence-corrected chi connectivity index (χ1v) is 21.1. The molecule has 58 heavy (non-hydrogen) atoms. The minimum Gasteiger partial charge on any atom is -0.454 e. The number of hydrogen-bond acceptors (Lipinski definition) is 5. The first kappa shape index (κ1) is 33.1. The Kier molecular flexibility index (Phi) is 7.58. The summed E-state index contributed by atoms with van der Waals surface area (Å²) >= 11 is 3.60. The van der Waals surface area contributed by atoms with Crippen molar-refractivity contribution in [2.75, 3.05) is 4.90 Å². The second-order valence-corrected chi connectivity index (χ2v) is 16.8. The molecule has 0 aliphatic heterocycles. The molecule has 5 heteroatoms. The number of benzene rings is 9. The average Bonchev–Trinajstić information content (AvgIpc) is 4.01. The predicted octanol–water partition coefficient (Wildman–Crippen LogP) is 16.2. The molecule has 0 unspecified atom stereocenters. The minimum absolute atomic E-state index is 0.867. The van der Waals surface area contributed by atoms with Crippen molar-refractivity contribution in [2.24, 2.45) is 0 Å². The van der Waals surface area contributed by atoms with Gasteiger partial charge >= 0.3 is 0 Å². The number of thiazole rings is 1. The van der Waals surface area contributed by atoms with Crippen LogP contribution in [0.5, 0.6) is 0 Å². The normalized spacial score (nSPS) is 11.8. The Hall–Kier alpha value is -7.05. The van der Waals surface area contributed by atoms with Crippen molar-refractivity contribution in [3.05, 3.63) is 194 Å². The van der Waals surface area contributed by atoms with Crippen LogP contribution < -0.4 is 4.90 Å². The quantitative estimate of drug-likeness (QED) is 0.168. The summed E-state index contributed by atoms with van der Waals surface area (Å²) in [6.07, 6.45) is 0. The molecule has 3 heterocycles. The first-order chi connectivity index (χ1) is 28.7. The molecule has 0 aliphatic rings. The van der Waals surface area contributed by atoms with E-state index in [1.54, 1.807) is 11.3 Å². The van der Waals surface area contributed by atoms with Crippen LogP contribution in [-0.2, 0) is 0 Å². The van der Waals surface area contributed by atoms with E-state index >= 15 is 0 Å². The highest BCUT2D eigenvalue weighted by Gasteiger charge is 2.20. The van der Waals surface area contributed by atoms with Crippen LogP contribution in [0.15, 0.2) is 199 Å². The van der Waals surface area contributed by atoms with Gasteiger partial charge in [0.15, 0.2) is 5.58 Å². The third-order valence-corrected chi connectivity index (χ3v) is 13.5. The summed E-state index contributed by atoms with van der Waals surface area (Å²) in [5, 5.41) is 8.27. The van der Waals surface area contributed by atoms with Gasteiger partial charge in [0.1, 0.15) is 10.6 Å². The number of aromatic nitrogens is 1. The molecule has 0 fully saturated rings. The standard InChI is InChI=1S/C53H32N2OS2/c1-2-11-36(12-3-1)53-54-51-48(58-53)31-30-47-50(51)44-29-24-37(32-49(44)57-47)33-20-25-38(26-21-33)55(45-18-9-17-43-42-15-6-7-19-46(42)56-52(43)45)39-27-22-35(23-28-39)41-16-8-13-34-10-4-5-14-40(34)41/h1-32H. The van der Waals surface area contributed by atoms with Crippen LogP contribution in [0.2, 0.25) is 0 Å². The Labute approximate surface area is 342 Å². The fourth-order valence-corrected chi connectivity index (χ4v) is 10.7. The lowest BCUT2D eigenvalue weighted by Crippen LogP contribution is -2.10. The highest BCUT2D eigenvalue weighted by atomic mass is 32.1. The van der Waals surface area contributed by atoms with Crippen LogP contribution in [0.1, 0.15) is 0 Å². The maximum absolute atomic E-state index is 6.61. The summed E-state index contributed by atoms with van der Waals surface area (Å²) in [4.78, 5) is 7.49. The molecular formula is C53H32N2OS2. The van der Waals surface area contributed by atoms with E-state index in [1.807, 2.05) is 23.5 Å². The van der Waals surface area contributed by atoms with Crippen LogP contribution in [0.3, 0.4) is 0 Å². The van der Waals surface area contributed by atoms with E-state index in [0.29, 0.717) is 0 Å².